The molecule has 0 amide bonds. The summed E-state index contributed by atoms with van der Waals surface area (Å²) in [4.78, 5) is 11.6. The Morgan fingerprint density at radius 1 is 0.929 bits per heavy atom. The maximum atomic E-state index is 12.4. The molecule has 0 bridgehead atoms. The van der Waals surface area contributed by atoms with Gasteiger partial charge in [0.1, 0.15) is 6.29 Å². The van der Waals surface area contributed by atoms with Gasteiger partial charge in [-0.1, -0.05) is 24.6 Å². The summed E-state index contributed by atoms with van der Waals surface area (Å²) in [5, 5.41) is 24.6. The maximum Gasteiger partial charge on any atom is 0.171 e. The first kappa shape index (κ1) is 29.6. The molecule has 7 atom stereocenters. The van der Waals surface area contributed by atoms with Crippen molar-refractivity contribution in [3.05, 3.63) is 23.3 Å². The van der Waals surface area contributed by atoms with Crippen LogP contribution in [0, 0.1) is 35.0 Å². The number of rotatable bonds is 6. The van der Waals surface area contributed by atoms with Gasteiger partial charge in [0.2, 0.25) is 0 Å². The molecule has 4 saturated carbocycles. The topological polar surface area (TPSA) is 94.5 Å². The molecule has 7 heteroatoms. The number of hydrogen-bond donors (Lipinski definition) is 2. The smallest absolute Gasteiger partial charge is 0.171 e. The van der Waals surface area contributed by atoms with Gasteiger partial charge in [-0.2, -0.15) is 0 Å². The van der Waals surface area contributed by atoms with E-state index >= 15 is 0 Å². The van der Waals surface area contributed by atoms with Gasteiger partial charge in [-0.15, -0.1) is 0 Å². The maximum absolute atomic E-state index is 12.4. The van der Waals surface area contributed by atoms with Gasteiger partial charge in [0.05, 0.1) is 31.0 Å². The van der Waals surface area contributed by atoms with Crippen molar-refractivity contribution in [3.8, 4) is 0 Å². The van der Waals surface area contributed by atoms with E-state index in [0.717, 1.165) is 103 Å². The Bertz CT molecular complexity index is 1070. The molecule has 0 aromatic heterocycles. The fraction of sp³-hybridized carbons (Fsp3) is 0.857. The molecule has 7 rings (SSSR count). The predicted octanol–water partition coefficient (Wildman–Crippen LogP) is 5.62. The average molecular weight is 585 g/mol. The second-order valence-corrected chi connectivity index (χ2v) is 15.0. The molecule has 2 N–H and O–H groups in total. The van der Waals surface area contributed by atoms with Crippen molar-refractivity contribution in [2.24, 2.45) is 35.0 Å². The summed E-state index contributed by atoms with van der Waals surface area (Å²) >= 11 is 0. The summed E-state index contributed by atoms with van der Waals surface area (Å²) in [6, 6.07) is 0. The van der Waals surface area contributed by atoms with Crippen molar-refractivity contribution < 1.29 is 34.0 Å². The van der Waals surface area contributed by atoms with Gasteiger partial charge in [-0.25, -0.2) is 0 Å². The molecular weight excluding hydrogens is 532 g/mol. The van der Waals surface area contributed by atoms with Crippen LogP contribution >= 0.6 is 0 Å². The fourth-order valence-corrected chi connectivity index (χ4v) is 10.7. The zero-order valence-electron chi connectivity index (χ0n) is 25.6. The summed E-state index contributed by atoms with van der Waals surface area (Å²) in [6.07, 6.45) is 18.9. The molecule has 0 aromatic rings. The summed E-state index contributed by atoms with van der Waals surface area (Å²) in [5.74, 6) is 1.14. The number of hydrogen-bond acceptors (Lipinski definition) is 7. The van der Waals surface area contributed by atoms with Gasteiger partial charge >= 0.3 is 0 Å². The lowest BCUT2D eigenvalue weighted by Gasteiger charge is -2.58. The number of allylic oxidation sites excluding steroid dienone is 1. The van der Waals surface area contributed by atoms with Crippen LogP contribution in [0.3, 0.4) is 0 Å². The number of carbonyl (C=O) groups excluding carboxylic acids is 1. The zero-order chi connectivity index (χ0) is 29.0. The fourth-order valence-electron chi connectivity index (χ4n) is 10.7. The number of aliphatic hydroxyl groups is 2. The highest BCUT2D eigenvalue weighted by molar-refractivity contribution is 5.53. The lowest BCUT2D eigenvalue weighted by atomic mass is 9.48. The van der Waals surface area contributed by atoms with E-state index in [-0.39, 0.29) is 17.6 Å². The van der Waals surface area contributed by atoms with E-state index in [9.17, 15) is 15.0 Å². The van der Waals surface area contributed by atoms with Crippen LogP contribution in [-0.2, 0) is 23.7 Å². The standard InChI is InChI=1S/C35H52O7/c1-32-21-27(25-8-6-24(22-36)7-9-25)31-26(10-14-33(37)23-35(16-12-29(31)33)41-19-20-42-35)28(32)11-15-34(32,38)13-4-18-40-30-5-2-3-17-39-30/h4,13,22,24-28,30,37-38H,2-3,5-12,14-21,23H2,1H3/b13-4-/t24?,25?,26?,27-,28?,30?,32+,33-,34+/m1/s1. The minimum Gasteiger partial charge on any atom is -0.385 e. The largest absolute Gasteiger partial charge is 0.385 e. The molecule has 6 fully saturated rings. The summed E-state index contributed by atoms with van der Waals surface area (Å²) < 4.78 is 23.9. The predicted molar refractivity (Wildman–Crippen MR) is 157 cm³/mol. The van der Waals surface area contributed by atoms with Gasteiger partial charge in [-0.05, 0) is 113 Å². The SMILES string of the molecule is C[C@]12C[C@H](C3CCC(C=O)CC3)C3=C4CCC5(C[C@]4(O)CCC3C1CC[C@@]2(O)/C=C\COC1CCCCO1)OCCO5. The normalized spacial score (nSPS) is 46.9. The molecule has 0 aromatic carbocycles. The minimum absolute atomic E-state index is 0.129. The number of ether oxygens (including phenoxy) is 4. The zero-order valence-corrected chi connectivity index (χ0v) is 25.6. The quantitative estimate of drug-likeness (QED) is 0.309. The van der Waals surface area contributed by atoms with E-state index in [1.807, 2.05) is 6.08 Å². The van der Waals surface area contributed by atoms with Crippen LogP contribution in [0.15, 0.2) is 23.3 Å². The van der Waals surface area contributed by atoms with E-state index in [1.165, 1.54) is 11.1 Å². The van der Waals surface area contributed by atoms with Crippen molar-refractivity contribution >= 4 is 6.29 Å². The van der Waals surface area contributed by atoms with Gasteiger partial charge in [0, 0.05) is 30.8 Å². The average Bonchev–Trinajstić information content (AvgIpc) is 3.56. The number of aldehydes is 1. The number of carbonyl (C=O) groups is 1. The van der Waals surface area contributed by atoms with Crippen LogP contribution in [-0.4, -0.2) is 66.2 Å². The highest BCUT2D eigenvalue weighted by atomic mass is 16.7. The van der Waals surface area contributed by atoms with E-state index in [2.05, 4.69) is 13.0 Å². The Hall–Kier alpha value is -1.09. The highest BCUT2D eigenvalue weighted by Crippen LogP contribution is 2.68. The van der Waals surface area contributed by atoms with Crippen molar-refractivity contribution in [1.29, 1.82) is 0 Å². The van der Waals surface area contributed by atoms with Gasteiger partial charge in [0.15, 0.2) is 12.1 Å². The molecule has 1 spiro atoms. The molecule has 7 nitrogen and oxygen atoms in total. The Morgan fingerprint density at radius 3 is 2.48 bits per heavy atom. The second-order valence-electron chi connectivity index (χ2n) is 15.0. The lowest BCUT2D eigenvalue weighted by molar-refractivity contribution is -0.209. The van der Waals surface area contributed by atoms with Crippen molar-refractivity contribution in [3.63, 3.8) is 0 Å². The van der Waals surface area contributed by atoms with Crippen LogP contribution in [0.4, 0.5) is 0 Å². The molecule has 5 aliphatic carbocycles. The first-order chi connectivity index (χ1) is 20.3. The summed E-state index contributed by atoms with van der Waals surface area (Å²) in [7, 11) is 0. The van der Waals surface area contributed by atoms with Crippen LogP contribution in [0.5, 0.6) is 0 Å². The van der Waals surface area contributed by atoms with E-state index in [0.29, 0.717) is 49.9 Å². The van der Waals surface area contributed by atoms with Gasteiger partial charge in [0.25, 0.3) is 0 Å². The Balaban J connectivity index is 1.18. The van der Waals surface area contributed by atoms with Crippen LogP contribution in [0.25, 0.3) is 0 Å². The summed E-state index contributed by atoms with van der Waals surface area (Å²) in [5.41, 5.74) is 0.820. The molecule has 7 aliphatic rings. The Labute approximate surface area is 251 Å². The molecule has 42 heavy (non-hydrogen) atoms. The highest BCUT2D eigenvalue weighted by Gasteiger charge is 2.64. The van der Waals surface area contributed by atoms with E-state index in [1.54, 1.807) is 0 Å². The van der Waals surface area contributed by atoms with E-state index < -0.39 is 17.0 Å². The molecule has 2 aliphatic heterocycles. The molecular formula is C35H52O7. The Kier molecular flexibility index (Phi) is 8.01. The first-order valence-corrected chi connectivity index (χ1v) is 17.1. The van der Waals surface area contributed by atoms with Crippen molar-refractivity contribution in [1.82, 2.24) is 0 Å². The van der Waals surface area contributed by atoms with Crippen molar-refractivity contribution in [2.75, 3.05) is 26.4 Å². The third-order valence-corrected chi connectivity index (χ3v) is 13.0. The summed E-state index contributed by atoms with van der Waals surface area (Å²) in [6.45, 7) is 4.80. The molecule has 2 saturated heterocycles. The number of fused-ring (bicyclic) bond motifs is 4. The third-order valence-electron chi connectivity index (χ3n) is 13.0. The lowest BCUT2D eigenvalue weighted by Crippen LogP contribution is -2.56. The van der Waals surface area contributed by atoms with E-state index in [4.69, 9.17) is 18.9 Å². The molecule has 0 radical (unpaired) electrons. The molecule has 234 valence electrons. The van der Waals surface area contributed by atoms with Crippen LogP contribution < -0.4 is 0 Å². The monoisotopic (exact) mass is 584 g/mol. The van der Waals surface area contributed by atoms with Crippen LogP contribution in [0.1, 0.15) is 103 Å². The van der Waals surface area contributed by atoms with Crippen molar-refractivity contribution in [2.45, 2.75) is 127 Å². The third kappa shape index (κ3) is 4.99. The Morgan fingerprint density at radius 2 is 1.74 bits per heavy atom. The first-order valence-electron chi connectivity index (χ1n) is 17.1. The van der Waals surface area contributed by atoms with Gasteiger partial charge < -0.3 is 34.0 Å². The van der Waals surface area contributed by atoms with Crippen LogP contribution in [0.2, 0.25) is 0 Å². The molecule has 3 unspecified atom stereocenters. The molecule has 2 heterocycles. The minimum atomic E-state index is -0.876. The second kappa shape index (κ2) is 11.4. The van der Waals surface area contributed by atoms with Gasteiger partial charge in [-0.3, -0.25) is 0 Å².